The van der Waals surface area contributed by atoms with E-state index in [0.717, 1.165) is 51.4 Å². The lowest BCUT2D eigenvalue weighted by Gasteiger charge is -2.34. The summed E-state index contributed by atoms with van der Waals surface area (Å²) in [5.41, 5.74) is 0.507. The van der Waals surface area contributed by atoms with Crippen molar-refractivity contribution >= 4 is 5.97 Å². The monoisotopic (exact) mass is 482 g/mol. The van der Waals surface area contributed by atoms with Gasteiger partial charge in [-0.05, 0) is 57.4 Å². The van der Waals surface area contributed by atoms with Crippen molar-refractivity contribution < 1.29 is 27.1 Å². The van der Waals surface area contributed by atoms with E-state index in [-0.39, 0.29) is 18.4 Å². The first-order chi connectivity index (χ1) is 16.3. The number of unbranched alkanes of at least 4 members (excludes halogenated alkanes) is 5. The van der Waals surface area contributed by atoms with Gasteiger partial charge in [-0.3, -0.25) is 4.79 Å². The zero-order valence-electron chi connectivity index (χ0n) is 20.5. The number of allylic oxidation sites excluding steroid dienone is 2. The molecule has 0 aromatic heterocycles. The summed E-state index contributed by atoms with van der Waals surface area (Å²) in [5, 5.41) is 0. The first kappa shape index (κ1) is 26.7. The molecular formula is C28H38F4O2. The Hall–Kier alpha value is -1.85. The van der Waals surface area contributed by atoms with Crippen molar-refractivity contribution in [2.24, 2.45) is 11.8 Å². The van der Waals surface area contributed by atoms with Gasteiger partial charge in [0.15, 0.2) is 11.6 Å². The Labute approximate surface area is 201 Å². The molecule has 1 unspecified atom stereocenters. The quantitative estimate of drug-likeness (QED) is 0.109. The molecule has 34 heavy (non-hydrogen) atoms. The fraction of sp³-hybridized carbons (Fsp3) is 0.679. The van der Waals surface area contributed by atoms with Crippen molar-refractivity contribution in [1.29, 1.82) is 0 Å². The largest absolute Gasteiger partial charge is 0.420 e. The molecule has 0 N–H and O–H groups in total. The van der Waals surface area contributed by atoms with E-state index in [9.17, 15) is 9.18 Å². The van der Waals surface area contributed by atoms with Crippen molar-refractivity contribution in [3.8, 4) is 5.75 Å². The SMILES string of the molecule is CCCCC=C1CCC(C(=O)Oc2c(F)cc3c(c2F)CCC(CCCCCC)C3(F)F)CC1. The molecule has 2 nitrogen and oxygen atoms in total. The Morgan fingerprint density at radius 3 is 2.41 bits per heavy atom. The van der Waals surface area contributed by atoms with E-state index in [1.807, 2.05) is 0 Å². The second kappa shape index (κ2) is 12.2. The molecule has 0 aliphatic heterocycles. The van der Waals surface area contributed by atoms with Gasteiger partial charge in [0.1, 0.15) is 0 Å². The molecule has 3 rings (SSSR count). The molecule has 0 bridgehead atoms. The molecule has 0 radical (unpaired) electrons. The Morgan fingerprint density at radius 2 is 1.74 bits per heavy atom. The average molecular weight is 483 g/mol. The molecule has 1 fully saturated rings. The molecule has 6 heteroatoms. The summed E-state index contributed by atoms with van der Waals surface area (Å²) in [7, 11) is 0. The summed E-state index contributed by atoms with van der Waals surface area (Å²) >= 11 is 0. The van der Waals surface area contributed by atoms with E-state index in [2.05, 4.69) is 19.9 Å². The highest BCUT2D eigenvalue weighted by Crippen LogP contribution is 2.49. The topological polar surface area (TPSA) is 26.3 Å². The normalized spacial score (nSPS) is 21.8. The number of esters is 1. The second-order valence-corrected chi connectivity index (χ2v) is 9.94. The lowest BCUT2D eigenvalue weighted by atomic mass is 9.77. The van der Waals surface area contributed by atoms with Crippen molar-refractivity contribution in [3.05, 3.63) is 40.5 Å². The first-order valence-electron chi connectivity index (χ1n) is 13.1. The summed E-state index contributed by atoms with van der Waals surface area (Å²) in [5.74, 6) is -8.55. The molecule has 2 aliphatic rings. The first-order valence-corrected chi connectivity index (χ1v) is 13.1. The van der Waals surface area contributed by atoms with Gasteiger partial charge in [-0.25, -0.2) is 17.6 Å². The van der Waals surface area contributed by atoms with Crippen LogP contribution in [-0.2, 0) is 17.1 Å². The van der Waals surface area contributed by atoms with E-state index >= 15 is 13.2 Å². The predicted molar refractivity (Wildman–Crippen MR) is 126 cm³/mol. The van der Waals surface area contributed by atoms with Crippen LogP contribution in [0, 0.1) is 23.5 Å². The summed E-state index contributed by atoms with van der Waals surface area (Å²) in [6, 6.07) is 0.689. The van der Waals surface area contributed by atoms with Crippen LogP contribution in [0.3, 0.4) is 0 Å². The van der Waals surface area contributed by atoms with Gasteiger partial charge in [-0.2, -0.15) is 0 Å². The van der Waals surface area contributed by atoms with E-state index in [0.29, 0.717) is 31.7 Å². The Bertz CT molecular complexity index is 868. The van der Waals surface area contributed by atoms with Crippen LogP contribution in [0.5, 0.6) is 5.75 Å². The third-order valence-electron chi connectivity index (χ3n) is 7.45. The average Bonchev–Trinajstić information content (AvgIpc) is 2.81. The van der Waals surface area contributed by atoms with Gasteiger partial charge in [0.05, 0.1) is 5.92 Å². The van der Waals surface area contributed by atoms with Crippen LogP contribution in [0.4, 0.5) is 17.6 Å². The second-order valence-electron chi connectivity index (χ2n) is 9.94. The number of carbonyl (C=O) groups is 1. The number of hydrogen-bond donors (Lipinski definition) is 0. The van der Waals surface area contributed by atoms with Crippen molar-refractivity contribution in [2.45, 2.75) is 110 Å². The minimum absolute atomic E-state index is 0.0926. The molecule has 0 saturated heterocycles. The van der Waals surface area contributed by atoms with E-state index in [1.54, 1.807) is 0 Å². The fourth-order valence-corrected chi connectivity index (χ4v) is 5.26. The minimum Gasteiger partial charge on any atom is -0.420 e. The van der Waals surface area contributed by atoms with Crippen molar-refractivity contribution in [2.75, 3.05) is 0 Å². The van der Waals surface area contributed by atoms with E-state index < -0.39 is 46.7 Å². The zero-order chi connectivity index (χ0) is 24.7. The van der Waals surface area contributed by atoms with Gasteiger partial charge in [-0.15, -0.1) is 0 Å². The number of carbonyl (C=O) groups excluding carboxylic acids is 1. The van der Waals surface area contributed by atoms with Crippen LogP contribution in [0.15, 0.2) is 17.7 Å². The maximum absolute atomic E-state index is 15.1. The maximum Gasteiger partial charge on any atom is 0.314 e. The summed E-state index contributed by atoms with van der Waals surface area (Å²) in [4.78, 5) is 12.6. The molecule has 1 atom stereocenters. The van der Waals surface area contributed by atoms with Crippen molar-refractivity contribution in [1.82, 2.24) is 0 Å². The lowest BCUT2D eigenvalue weighted by Crippen LogP contribution is -2.33. The fourth-order valence-electron chi connectivity index (χ4n) is 5.26. The highest BCUT2D eigenvalue weighted by Gasteiger charge is 2.47. The predicted octanol–water partition coefficient (Wildman–Crippen LogP) is 8.80. The van der Waals surface area contributed by atoms with Gasteiger partial charge >= 0.3 is 5.97 Å². The highest BCUT2D eigenvalue weighted by atomic mass is 19.3. The molecule has 1 aromatic rings. The van der Waals surface area contributed by atoms with Gasteiger partial charge in [0.25, 0.3) is 5.92 Å². The third kappa shape index (κ3) is 6.23. The van der Waals surface area contributed by atoms with Gasteiger partial charge in [0.2, 0.25) is 5.75 Å². The van der Waals surface area contributed by atoms with Crippen LogP contribution < -0.4 is 4.74 Å². The highest BCUT2D eigenvalue weighted by molar-refractivity contribution is 5.75. The third-order valence-corrected chi connectivity index (χ3v) is 7.45. The Kier molecular flexibility index (Phi) is 9.61. The summed E-state index contributed by atoms with van der Waals surface area (Å²) < 4.78 is 65.3. The summed E-state index contributed by atoms with van der Waals surface area (Å²) in [6.45, 7) is 4.19. The minimum atomic E-state index is -3.30. The molecule has 1 saturated carbocycles. The van der Waals surface area contributed by atoms with Gasteiger partial charge in [0, 0.05) is 17.0 Å². The molecule has 2 aliphatic carbocycles. The number of rotatable bonds is 10. The lowest BCUT2D eigenvalue weighted by molar-refractivity contribution is -0.140. The molecule has 0 heterocycles. The summed E-state index contributed by atoms with van der Waals surface area (Å²) in [6.07, 6.45) is 12.3. The number of halogens is 4. The zero-order valence-corrected chi connectivity index (χ0v) is 20.5. The Balaban J connectivity index is 1.68. The number of benzene rings is 1. The standard InChI is InChI=1S/C28H38F4O2/c1-3-5-7-9-11-21-16-17-22-23(28(21,31)32)18-24(29)26(25(22)30)34-27(33)20-14-12-19(13-15-20)10-8-6-4-2/h10,18,20-21H,3-9,11-17H2,1-2H3. The molecule has 0 amide bonds. The smallest absolute Gasteiger partial charge is 0.314 e. The van der Waals surface area contributed by atoms with Crippen LogP contribution in [0.1, 0.15) is 108 Å². The van der Waals surface area contributed by atoms with E-state index in [4.69, 9.17) is 4.74 Å². The molecule has 190 valence electrons. The molecule has 1 aromatic carbocycles. The van der Waals surface area contributed by atoms with Crippen LogP contribution >= 0.6 is 0 Å². The Morgan fingerprint density at radius 1 is 1.03 bits per heavy atom. The number of ether oxygens (including phenoxy) is 1. The van der Waals surface area contributed by atoms with E-state index in [1.165, 1.54) is 5.57 Å². The molecular weight excluding hydrogens is 444 g/mol. The molecule has 0 spiro atoms. The maximum atomic E-state index is 15.1. The number of fused-ring (bicyclic) bond motifs is 1. The van der Waals surface area contributed by atoms with Crippen LogP contribution in [0.2, 0.25) is 0 Å². The van der Waals surface area contributed by atoms with Gasteiger partial charge < -0.3 is 4.74 Å². The number of alkyl halides is 2. The van der Waals surface area contributed by atoms with Crippen LogP contribution in [-0.4, -0.2) is 5.97 Å². The van der Waals surface area contributed by atoms with Crippen molar-refractivity contribution in [3.63, 3.8) is 0 Å². The van der Waals surface area contributed by atoms with Gasteiger partial charge in [-0.1, -0.05) is 64.0 Å². The van der Waals surface area contributed by atoms with Crippen LogP contribution in [0.25, 0.3) is 0 Å². The number of hydrogen-bond acceptors (Lipinski definition) is 2.